The van der Waals surface area contributed by atoms with Gasteiger partial charge in [0.25, 0.3) is 0 Å². The SMILES string of the molecule is COc1ccc(C=Nc2ccc3ccccc3c2-c2c(N=Cc3ccc(OC)cc3O)ccc3ccccc23)c(O)c1. The minimum Gasteiger partial charge on any atom is -0.507 e. The van der Waals surface area contributed by atoms with Gasteiger partial charge in [0.2, 0.25) is 0 Å². The van der Waals surface area contributed by atoms with Gasteiger partial charge < -0.3 is 19.7 Å². The number of phenols is 2. The summed E-state index contributed by atoms with van der Waals surface area (Å²) in [7, 11) is 3.12. The number of nitrogens with zero attached hydrogens (tertiary/aromatic N) is 2. The molecule has 0 aromatic heterocycles. The van der Waals surface area contributed by atoms with E-state index in [1.54, 1.807) is 63.0 Å². The molecular formula is C36H28N2O4. The minimum absolute atomic E-state index is 0.0789. The van der Waals surface area contributed by atoms with Gasteiger partial charge in [0.05, 0.1) is 25.6 Å². The van der Waals surface area contributed by atoms with E-state index in [0.717, 1.165) is 44.0 Å². The number of ether oxygens (including phenoxy) is 2. The normalized spacial score (nSPS) is 11.6. The Morgan fingerprint density at radius 2 is 0.952 bits per heavy atom. The molecule has 0 heterocycles. The van der Waals surface area contributed by atoms with Gasteiger partial charge in [-0.25, -0.2) is 0 Å². The van der Waals surface area contributed by atoms with Crippen molar-refractivity contribution in [3.05, 3.63) is 120 Å². The average molecular weight is 553 g/mol. The summed E-state index contributed by atoms with van der Waals surface area (Å²) in [4.78, 5) is 9.77. The summed E-state index contributed by atoms with van der Waals surface area (Å²) in [5.41, 5.74) is 4.43. The minimum atomic E-state index is 0.0789. The molecule has 42 heavy (non-hydrogen) atoms. The van der Waals surface area contributed by atoms with Crippen LogP contribution < -0.4 is 9.47 Å². The molecule has 0 atom stereocenters. The number of phenolic OH excluding ortho intramolecular Hbond substituents is 2. The zero-order valence-corrected chi connectivity index (χ0v) is 23.2. The van der Waals surface area contributed by atoms with Gasteiger partial charge in [-0.15, -0.1) is 0 Å². The van der Waals surface area contributed by atoms with Crippen LogP contribution in [-0.4, -0.2) is 36.9 Å². The molecule has 0 unspecified atom stereocenters. The quantitative estimate of drug-likeness (QED) is 0.194. The van der Waals surface area contributed by atoms with Crippen molar-refractivity contribution in [1.29, 1.82) is 0 Å². The summed E-state index contributed by atoms with van der Waals surface area (Å²) in [6, 6.07) is 34.7. The first-order valence-electron chi connectivity index (χ1n) is 13.4. The van der Waals surface area contributed by atoms with Crippen LogP contribution in [0.4, 0.5) is 11.4 Å². The second kappa shape index (κ2) is 11.5. The number of aromatic hydroxyl groups is 2. The Morgan fingerprint density at radius 1 is 0.524 bits per heavy atom. The average Bonchev–Trinajstić information content (AvgIpc) is 3.03. The van der Waals surface area contributed by atoms with Gasteiger partial charge >= 0.3 is 0 Å². The van der Waals surface area contributed by atoms with Gasteiger partial charge in [0.1, 0.15) is 23.0 Å². The third kappa shape index (κ3) is 5.13. The second-order valence-electron chi connectivity index (χ2n) is 9.73. The summed E-state index contributed by atoms with van der Waals surface area (Å²) in [5, 5.41) is 25.3. The predicted molar refractivity (Wildman–Crippen MR) is 171 cm³/mol. The van der Waals surface area contributed by atoms with E-state index in [0.29, 0.717) is 22.6 Å². The second-order valence-corrected chi connectivity index (χ2v) is 9.73. The Hall–Kier alpha value is -5.62. The van der Waals surface area contributed by atoms with Crippen LogP contribution in [0.25, 0.3) is 32.7 Å². The molecule has 0 fully saturated rings. The lowest BCUT2D eigenvalue weighted by Crippen LogP contribution is -1.90. The van der Waals surface area contributed by atoms with Crippen molar-refractivity contribution in [2.75, 3.05) is 14.2 Å². The van der Waals surface area contributed by atoms with Crippen LogP contribution in [0.5, 0.6) is 23.0 Å². The van der Waals surface area contributed by atoms with E-state index < -0.39 is 0 Å². The lowest BCUT2D eigenvalue weighted by molar-refractivity contribution is 0.407. The van der Waals surface area contributed by atoms with Crippen molar-refractivity contribution >= 4 is 45.3 Å². The summed E-state index contributed by atoms with van der Waals surface area (Å²) < 4.78 is 10.5. The Bertz CT molecular complexity index is 1850. The molecule has 0 saturated carbocycles. The van der Waals surface area contributed by atoms with Gasteiger partial charge in [0, 0.05) is 46.8 Å². The van der Waals surface area contributed by atoms with Crippen molar-refractivity contribution in [1.82, 2.24) is 0 Å². The van der Waals surface area contributed by atoms with E-state index in [1.807, 2.05) is 48.5 Å². The van der Waals surface area contributed by atoms with Crippen LogP contribution >= 0.6 is 0 Å². The zero-order valence-electron chi connectivity index (χ0n) is 23.2. The fraction of sp³-hybridized carbons (Fsp3) is 0.0556. The highest BCUT2D eigenvalue weighted by atomic mass is 16.5. The lowest BCUT2D eigenvalue weighted by atomic mass is 9.91. The summed E-state index contributed by atoms with van der Waals surface area (Å²) in [6.45, 7) is 0. The van der Waals surface area contributed by atoms with Crippen LogP contribution in [0.2, 0.25) is 0 Å². The standard InChI is InChI=1S/C36H28N2O4/c1-41-27-15-11-25(33(39)19-27)21-37-31-17-13-23-7-3-5-9-29(23)35(31)36-30-10-6-4-8-24(30)14-18-32(36)38-22-26-12-16-28(42-2)20-34(26)40/h3-22,39-40H,1-2H3. The number of hydrogen-bond acceptors (Lipinski definition) is 6. The molecule has 0 amide bonds. The van der Waals surface area contributed by atoms with Crippen molar-refractivity contribution in [3.8, 4) is 34.1 Å². The largest absolute Gasteiger partial charge is 0.507 e. The lowest BCUT2D eigenvalue weighted by Gasteiger charge is -2.16. The molecule has 206 valence electrons. The molecule has 6 nitrogen and oxygen atoms in total. The van der Waals surface area contributed by atoms with E-state index >= 15 is 0 Å². The van der Waals surface area contributed by atoms with Crippen LogP contribution in [-0.2, 0) is 0 Å². The maximum Gasteiger partial charge on any atom is 0.128 e. The molecule has 0 spiro atoms. The molecule has 0 radical (unpaired) electrons. The van der Waals surface area contributed by atoms with E-state index in [9.17, 15) is 10.2 Å². The predicted octanol–water partition coefficient (Wildman–Crippen LogP) is 8.59. The summed E-state index contributed by atoms with van der Waals surface area (Å²) >= 11 is 0. The summed E-state index contributed by atoms with van der Waals surface area (Å²) in [6.07, 6.45) is 3.32. The molecule has 6 aromatic rings. The molecular weight excluding hydrogens is 524 g/mol. The van der Waals surface area contributed by atoms with E-state index in [2.05, 4.69) is 24.3 Å². The Balaban J connectivity index is 1.58. The molecule has 6 heteroatoms. The molecule has 0 aliphatic carbocycles. The Kier molecular flexibility index (Phi) is 7.26. The molecule has 2 N–H and O–H groups in total. The number of hydrogen-bond donors (Lipinski definition) is 2. The van der Waals surface area contributed by atoms with Crippen molar-refractivity contribution in [2.24, 2.45) is 9.98 Å². The Labute approximate surface area is 243 Å². The highest BCUT2D eigenvalue weighted by molar-refractivity contribution is 6.13. The van der Waals surface area contributed by atoms with Crippen LogP contribution in [0, 0.1) is 0 Å². The third-order valence-corrected chi connectivity index (χ3v) is 7.22. The number of fused-ring (bicyclic) bond motifs is 2. The highest BCUT2D eigenvalue weighted by Gasteiger charge is 2.17. The first-order chi connectivity index (χ1) is 20.6. The maximum atomic E-state index is 10.6. The van der Waals surface area contributed by atoms with Gasteiger partial charge in [-0.05, 0) is 57.9 Å². The molecule has 0 bridgehead atoms. The van der Waals surface area contributed by atoms with Crippen molar-refractivity contribution in [2.45, 2.75) is 0 Å². The molecule has 0 aliphatic rings. The van der Waals surface area contributed by atoms with Crippen LogP contribution in [0.1, 0.15) is 11.1 Å². The maximum absolute atomic E-state index is 10.6. The number of aliphatic imine (C=N–C) groups is 2. The van der Waals surface area contributed by atoms with Crippen molar-refractivity contribution < 1.29 is 19.7 Å². The van der Waals surface area contributed by atoms with Crippen LogP contribution in [0.15, 0.2) is 119 Å². The van der Waals surface area contributed by atoms with Gasteiger partial charge in [-0.2, -0.15) is 0 Å². The van der Waals surface area contributed by atoms with Crippen molar-refractivity contribution in [3.63, 3.8) is 0 Å². The smallest absolute Gasteiger partial charge is 0.128 e. The number of methoxy groups -OCH3 is 2. The van der Waals surface area contributed by atoms with E-state index in [1.165, 1.54) is 0 Å². The zero-order chi connectivity index (χ0) is 29.1. The van der Waals surface area contributed by atoms with Gasteiger partial charge in [-0.3, -0.25) is 9.98 Å². The Morgan fingerprint density at radius 3 is 1.36 bits per heavy atom. The monoisotopic (exact) mass is 552 g/mol. The van der Waals surface area contributed by atoms with Gasteiger partial charge in [-0.1, -0.05) is 60.7 Å². The molecule has 0 saturated heterocycles. The van der Waals surface area contributed by atoms with E-state index in [-0.39, 0.29) is 11.5 Å². The summed E-state index contributed by atoms with van der Waals surface area (Å²) in [5.74, 6) is 1.29. The van der Waals surface area contributed by atoms with Crippen LogP contribution in [0.3, 0.4) is 0 Å². The third-order valence-electron chi connectivity index (χ3n) is 7.22. The first kappa shape index (κ1) is 26.6. The number of rotatable bonds is 7. The molecule has 0 aliphatic heterocycles. The van der Waals surface area contributed by atoms with E-state index in [4.69, 9.17) is 19.5 Å². The fourth-order valence-electron chi connectivity index (χ4n) is 5.06. The highest BCUT2D eigenvalue weighted by Crippen LogP contribution is 2.45. The molecule has 6 aromatic carbocycles. The first-order valence-corrected chi connectivity index (χ1v) is 13.4. The topological polar surface area (TPSA) is 83.6 Å². The number of benzene rings is 6. The van der Waals surface area contributed by atoms with Gasteiger partial charge in [0.15, 0.2) is 0 Å². The fourth-order valence-corrected chi connectivity index (χ4v) is 5.06. The molecule has 6 rings (SSSR count).